The summed E-state index contributed by atoms with van der Waals surface area (Å²) < 4.78 is 2.21. The van der Waals surface area contributed by atoms with Gasteiger partial charge < -0.3 is 0 Å². The summed E-state index contributed by atoms with van der Waals surface area (Å²) >= 11 is 0. The first-order chi connectivity index (χ1) is 30.2. The van der Waals surface area contributed by atoms with Gasteiger partial charge in [-0.2, -0.15) is 9.97 Å². The van der Waals surface area contributed by atoms with Crippen LogP contribution in [0.1, 0.15) is 0 Å². The third-order valence-corrected chi connectivity index (χ3v) is 12.1. The highest BCUT2D eigenvalue weighted by atomic mass is 15.2. The largest absolute Gasteiger partial charge is 0.278 e. The van der Waals surface area contributed by atoms with Crippen LogP contribution in [0.5, 0.6) is 0 Å². The van der Waals surface area contributed by atoms with Crippen LogP contribution in [0.3, 0.4) is 0 Å². The highest BCUT2D eigenvalue weighted by Crippen LogP contribution is 2.40. The molecule has 2 heterocycles. The molecule has 0 atom stereocenters. The van der Waals surface area contributed by atoms with Crippen molar-refractivity contribution in [2.75, 3.05) is 0 Å². The minimum absolute atomic E-state index is 0.566. The predicted molar refractivity (Wildman–Crippen MR) is 254 cm³/mol. The lowest BCUT2D eigenvalue weighted by Gasteiger charge is -2.14. The molecule has 0 saturated heterocycles. The highest BCUT2D eigenvalue weighted by Gasteiger charge is 2.21. The van der Waals surface area contributed by atoms with E-state index in [2.05, 4.69) is 217 Å². The Bertz CT molecular complexity index is 3620. The molecule has 2 aromatic heterocycles. The van der Waals surface area contributed by atoms with Gasteiger partial charge in [0.25, 0.3) is 0 Å². The van der Waals surface area contributed by atoms with Crippen molar-refractivity contribution < 1.29 is 0 Å². The molecule has 0 radical (unpaired) electrons. The summed E-state index contributed by atoms with van der Waals surface area (Å²) in [7, 11) is 0. The number of hydrogen-bond acceptors (Lipinski definition) is 3. The van der Waals surface area contributed by atoms with Gasteiger partial charge in [-0.05, 0) is 84.6 Å². The molecule has 0 aliphatic carbocycles. The number of rotatable bonds is 6. The number of fused-ring (bicyclic) bond motifs is 7. The SMILES string of the molecule is c1ccc(-c2ccc(-c3nc(-c4cccc5cccc(-c6ccccc6)c45)nc(-n4c5ccccc5c5cc(-c6cc7ccccc7c7ccccc67)ccc54)n3)cc2)cc1. The first kappa shape index (κ1) is 34.8. The van der Waals surface area contributed by atoms with E-state index in [0.29, 0.717) is 17.6 Å². The topological polar surface area (TPSA) is 43.6 Å². The minimum atomic E-state index is 0.566. The lowest BCUT2D eigenvalue weighted by Crippen LogP contribution is -2.06. The Morgan fingerprint density at radius 1 is 0.279 bits per heavy atom. The van der Waals surface area contributed by atoms with Crippen molar-refractivity contribution in [3.8, 4) is 62.1 Å². The summed E-state index contributed by atoms with van der Waals surface area (Å²) in [4.78, 5) is 16.1. The van der Waals surface area contributed by atoms with Crippen LogP contribution in [0.2, 0.25) is 0 Å². The van der Waals surface area contributed by atoms with Crippen molar-refractivity contribution in [2.45, 2.75) is 0 Å². The molecule has 61 heavy (non-hydrogen) atoms. The van der Waals surface area contributed by atoms with E-state index in [0.717, 1.165) is 71.5 Å². The fourth-order valence-corrected chi connectivity index (χ4v) is 9.19. The predicted octanol–water partition coefficient (Wildman–Crippen LogP) is 14.8. The Morgan fingerprint density at radius 3 is 1.62 bits per heavy atom. The molecule has 10 aromatic carbocycles. The maximum Gasteiger partial charge on any atom is 0.238 e. The van der Waals surface area contributed by atoms with E-state index in [9.17, 15) is 0 Å². The Balaban J connectivity index is 1.10. The molecule has 0 bridgehead atoms. The molecular weight excluding hydrogens is 741 g/mol. The molecule has 0 aliphatic heterocycles. The van der Waals surface area contributed by atoms with Crippen molar-refractivity contribution in [1.29, 1.82) is 0 Å². The summed E-state index contributed by atoms with van der Waals surface area (Å²) in [5, 5.41) is 9.48. The van der Waals surface area contributed by atoms with Crippen LogP contribution in [0.15, 0.2) is 218 Å². The van der Waals surface area contributed by atoms with Gasteiger partial charge in [0, 0.05) is 27.3 Å². The van der Waals surface area contributed by atoms with Crippen LogP contribution in [0, 0.1) is 0 Å². The molecule has 284 valence electrons. The van der Waals surface area contributed by atoms with E-state index in [-0.39, 0.29) is 0 Å². The summed E-state index contributed by atoms with van der Waals surface area (Å²) in [6, 6.07) is 77.6. The fraction of sp³-hybridized carbons (Fsp3) is 0. The molecule has 4 heteroatoms. The van der Waals surface area contributed by atoms with Gasteiger partial charge in [-0.1, -0.05) is 194 Å². The fourth-order valence-electron chi connectivity index (χ4n) is 9.19. The van der Waals surface area contributed by atoms with E-state index in [1.165, 1.54) is 27.1 Å². The second-order valence-electron chi connectivity index (χ2n) is 15.6. The zero-order chi connectivity index (χ0) is 40.3. The number of nitrogens with zero attached hydrogens (tertiary/aromatic N) is 4. The van der Waals surface area contributed by atoms with Crippen LogP contribution in [-0.4, -0.2) is 19.5 Å². The zero-order valence-electron chi connectivity index (χ0n) is 33.1. The van der Waals surface area contributed by atoms with E-state index in [1.807, 2.05) is 6.07 Å². The highest BCUT2D eigenvalue weighted by molar-refractivity contribution is 6.16. The van der Waals surface area contributed by atoms with Gasteiger partial charge in [0.2, 0.25) is 5.95 Å². The third kappa shape index (κ3) is 5.88. The average molecular weight is 777 g/mol. The lowest BCUT2D eigenvalue weighted by molar-refractivity contribution is 0.954. The number of aromatic nitrogens is 4. The Morgan fingerprint density at radius 2 is 0.836 bits per heavy atom. The number of hydrogen-bond donors (Lipinski definition) is 0. The van der Waals surface area contributed by atoms with Gasteiger partial charge in [-0.25, -0.2) is 4.98 Å². The molecule has 0 N–H and O–H groups in total. The van der Waals surface area contributed by atoms with Gasteiger partial charge in [0.15, 0.2) is 11.6 Å². The Hall–Kier alpha value is -8.21. The average Bonchev–Trinajstić information content (AvgIpc) is 3.67. The second kappa shape index (κ2) is 14.3. The van der Waals surface area contributed by atoms with Crippen molar-refractivity contribution in [1.82, 2.24) is 19.5 Å². The maximum atomic E-state index is 5.42. The lowest BCUT2D eigenvalue weighted by atomic mass is 9.92. The zero-order valence-corrected chi connectivity index (χ0v) is 33.1. The molecule has 0 saturated carbocycles. The van der Waals surface area contributed by atoms with Crippen LogP contribution in [0.4, 0.5) is 0 Å². The van der Waals surface area contributed by atoms with Crippen LogP contribution >= 0.6 is 0 Å². The maximum absolute atomic E-state index is 5.42. The van der Waals surface area contributed by atoms with Gasteiger partial charge in [-0.15, -0.1) is 0 Å². The van der Waals surface area contributed by atoms with Crippen LogP contribution in [-0.2, 0) is 0 Å². The third-order valence-electron chi connectivity index (χ3n) is 12.1. The molecule has 4 nitrogen and oxygen atoms in total. The number of benzene rings is 10. The normalized spacial score (nSPS) is 11.6. The first-order valence-electron chi connectivity index (χ1n) is 20.7. The first-order valence-corrected chi connectivity index (χ1v) is 20.7. The van der Waals surface area contributed by atoms with Crippen LogP contribution in [0.25, 0.3) is 116 Å². The van der Waals surface area contributed by atoms with Crippen molar-refractivity contribution in [2.24, 2.45) is 0 Å². The van der Waals surface area contributed by atoms with E-state index < -0.39 is 0 Å². The molecule has 12 aromatic rings. The minimum Gasteiger partial charge on any atom is -0.278 e. The summed E-state index contributed by atoms with van der Waals surface area (Å²) in [5.74, 6) is 1.79. The van der Waals surface area contributed by atoms with E-state index in [4.69, 9.17) is 15.0 Å². The summed E-state index contributed by atoms with van der Waals surface area (Å²) in [6.45, 7) is 0. The Kier molecular flexibility index (Phi) is 8.13. The summed E-state index contributed by atoms with van der Waals surface area (Å²) in [6.07, 6.45) is 0. The van der Waals surface area contributed by atoms with E-state index >= 15 is 0 Å². The number of para-hydroxylation sites is 1. The van der Waals surface area contributed by atoms with Crippen LogP contribution < -0.4 is 0 Å². The van der Waals surface area contributed by atoms with Gasteiger partial charge in [0.05, 0.1) is 11.0 Å². The molecule has 0 fully saturated rings. The smallest absolute Gasteiger partial charge is 0.238 e. The van der Waals surface area contributed by atoms with Crippen molar-refractivity contribution in [3.05, 3.63) is 218 Å². The quantitative estimate of drug-likeness (QED) is 0.158. The molecule has 0 amide bonds. The monoisotopic (exact) mass is 776 g/mol. The molecule has 0 spiro atoms. The second-order valence-corrected chi connectivity index (χ2v) is 15.6. The van der Waals surface area contributed by atoms with Crippen molar-refractivity contribution >= 4 is 54.1 Å². The molecule has 0 unspecified atom stereocenters. The van der Waals surface area contributed by atoms with E-state index in [1.54, 1.807) is 0 Å². The standard InChI is InChI=1S/C57H36N4/c1-3-15-37(16-4-1)38-29-31-41(32-30-38)55-58-56(49-27-14-21-40-20-13-26-45(54(40)49)39-17-5-2-6-18-39)60-57(59-55)61-52-28-12-11-25-48(52)51-36-43(33-34-53(51)61)50-35-42-19-7-8-22-44(42)46-23-9-10-24-47(46)50/h1-36H. The molecule has 12 rings (SSSR count). The van der Waals surface area contributed by atoms with Crippen molar-refractivity contribution in [3.63, 3.8) is 0 Å². The molecule has 0 aliphatic rings. The van der Waals surface area contributed by atoms with Gasteiger partial charge >= 0.3 is 0 Å². The van der Waals surface area contributed by atoms with Gasteiger partial charge in [-0.3, -0.25) is 4.57 Å². The summed E-state index contributed by atoms with van der Waals surface area (Å²) in [5.41, 5.74) is 10.9. The molecular formula is C57H36N4. The van der Waals surface area contributed by atoms with Gasteiger partial charge in [0.1, 0.15) is 0 Å². The Labute approximate surface area is 352 Å².